The minimum Gasteiger partial charge on any atom is -0.345 e. The summed E-state index contributed by atoms with van der Waals surface area (Å²) in [7, 11) is -3.54. The molecule has 2 fully saturated rings. The second kappa shape index (κ2) is 6.17. The second-order valence-electron chi connectivity index (χ2n) is 7.76. The molecule has 0 spiro atoms. The third-order valence-electron chi connectivity index (χ3n) is 6.14. The number of sulfonamides is 1. The Labute approximate surface area is 162 Å². The highest BCUT2D eigenvalue weighted by molar-refractivity contribution is 7.90. The van der Waals surface area contributed by atoms with Gasteiger partial charge in [0, 0.05) is 12.1 Å². The zero-order valence-corrected chi connectivity index (χ0v) is 16.3. The van der Waals surface area contributed by atoms with Crippen LogP contribution in [0.5, 0.6) is 0 Å². The number of rotatable bonds is 5. The van der Waals surface area contributed by atoms with Gasteiger partial charge in [-0.1, -0.05) is 13.3 Å². The number of hydrogen-bond acceptors (Lipinski definition) is 6. The number of aromatic nitrogens is 5. The Morgan fingerprint density at radius 3 is 2.89 bits per heavy atom. The molecule has 0 saturated heterocycles. The van der Waals surface area contributed by atoms with Crippen LogP contribution in [-0.2, 0) is 10.0 Å². The second-order valence-corrected chi connectivity index (χ2v) is 9.85. The van der Waals surface area contributed by atoms with Crippen LogP contribution < -0.4 is 0 Å². The maximum Gasteiger partial charge on any atom is 0.246 e. The Bertz CT molecular complexity index is 1190. The molecule has 2 saturated carbocycles. The Morgan fingerprint density at radius 1 is 1.36 bits per heavy atom. The number of hydrogen-bond donors (Lipinski definition) is 1. The number of nitrogens with zero attached hydrogens (tertiary/aromatic N) is 6. The third kappa shape index (κ3) is 2.49. The Hall–Kier alpha value is -2.67. The van der Waals surface area contributed by atoms with E-state index in [-0.39, 0.29) is 23.1 Å². The van der Waals surface area contributed by atoms with E-state index in [0.717, 1.165) is 27.7 Å². The van der Waals surface area contributed by atoms with E-state index in [9.17, 15) is 13.7 Å². The zero-order valence-electron chi connectivity index (χ0n) is 15.5. The lowest BCUT2D eigenvalue weighted by atomic mass is 9.93. The fourth-order valence-electron chi connectivity index (χ4n) is 4.57. The zero-order chi connectivity index (χ0) is 19.5. The summed E-state index contributed by atoms with van der Waals surface area (Å²) in [6.45, 7) is 2.10. The van der Waals surface area contributed by atoms with E-state index >= 15 is 0 Å². The van der Waals surface area contributed by atoms with Gasteiger partial charge >= 0.3 is 0 Å². The normalized spacial score (nSPS) is 25.4. The fourth-order valence-corrected chi connectivity index (χ4v) is 6.32. The lowest BCUT2D eigenvalue weighted by Crippen LogP contribution is -2.37. The maximum atomic E-state index is 12.7. The fraction of sp³-hybridized carbons (Fsp3) is 0.556. The van der Waals surface area contributed by atoms with Crippen LogP contribution in [0, 0.1) is 17.4 Å². The van der Waals surface area contributed by atoms with Crippen LogP contribution in [0.15, 0.2) is 18.5 Å². The number of fused-ring (bicyclic) bond motifs is 3. The van der Waals surface area contributed by atoms with Gasteiger partial charge in [0.2, 0.25) is 10.0 Å². The van der Waals surface area contributed by atoms with E-state index < -0.39 is 10.0 Å². The molecule has 1 N–H and O–H groups in total. The van der Waals surface area contributed by atoms with Crippen LogP contribution >= 0.6 is 0 Å². The summed E-state index contributed by atoms with van der Waals surface area (Å²) >= 11 is 0. The van der Waals surface area contributed by atoms with Crippen LogP contribution in [0.3, 0.4) is 0 Å². The van der Waals surface area contributed by atoms with Crippen LogP contribution in [-0.4, -0.2) is 48.6 Å². The summed E-state index contributed by atoms with van der Waals surface area (Å²) in [5.41, 5.74) is 2.33. The van der Waals surface area contributed by atoms with E-state index in [2.05, 4.69) is 27.1 Å². The van der Waals surface area contributed by atoms with Gasteiger partial charge in [-0.25, -0.2) is 17.7 Å². The molecule has 10 heteroatoms. The molecule has 2 aliphatic carbocycles. The standard InChI is InChI=1S/C18H21N7O2S/c1-2-11-7-12(24(10-19)28(26,27)13-3-4-13)8-14(11)18-23-22-16-9-21-17-15(25(16)18)5-6-20-17/h5-6,9,11-14,20H,2-4,7-8H2,1H3/t11-,12+,14+/m1/s1. The first-order chi connectivity index (χ1) is 13.5. The summed E-state index contributed by atoms with van der Waals surface area (Å²) in [4.78, 5) is 7.46. The first-order valence-corrected chi connectivity index (χ1v) is 11.1. The molecule has 146 valence electrons. The van der Waals surface area contributed by atoms with Crippen LogP contribution in [0.1, 0.15) is 50.8 Å². The van der Waals surface area contributed by atoms with E-state index in [1.54, 1.807) is 6.20 Å². The summed E-state index contributed by atoms with van der Waals surface area (Å²) in [5.74, 6) is 1.10. The van der Waals surface area contributed by atoms with Crippen LogP contribution in [0.25, 0.3) is 16.8 Å². The number of aromatic amines is 1. The van der Waals surface area contributed by atoms with Gasteiger partial charge in [0.05, 0.1) is 23.0 Å². The monoisotopic (exact) mass is 399 g/mol. The minimum atomic E-state index is -3.54. The van der Waals surface area contributed by atoms with Crippen LogP contribution in [0.2, 0.25) is 0 Å². The molecule has 28 heavy (non-hydrogen) atoms. The molecule has 3 heterocycles. The maximum absolute atomic E-state index is 12.7. The molecule has 3 atom stereocenters. The Morgan fingerprint density at radius 2 is 2.18 bits per heavy atom. The molecule has 3 aromatic heterocycles. The van der Waals surface area contributed by atoms with Crippen molar-refractivity contribution < 1.29 is 8.42 Å². The van der Waals surface area contributed by atoms with Gasteiger partial charge in [0.25, 0.3) is 0 Å². The van der Waals surface area contributed by atoms with E-state index in [0.29, 0.717) is 31.3 Å². The molecular weight excluding hydrogens is 378 g/mol. The number of H-pyrrole nitrogens is 1. The highest BCUT2D eigenvalue weighted by Crippen LogP contribution is 2.45. The third-order valence-corrected chi connectivity index (χ3v) is 8.38. The predicted molar refractivity (Wildman–Crippen MR) is 102 cm³/mol. The Kier molecular flexibility index (Phi) is 3.84. The van der Waals surface area contributed by atoms with E-state index in [4.69, 9.17) is 0 Å². The van der Waals surface area contributed by atoms with Crippen LogP contribution in [0.4, 0.5) is 0 Å². The number of nitrogens with one attached hydrogen (secondary N) is 1. The summed E-state index contributed by atoms with van der Waals surface area (Å²) < 4.78 is 28.5. The van der Waals surface area contributed by atoms with E-state index in [1.807, 2.05) is 22.9 Å². The SMILES string of the molecule is CC[C@@H]1C[C@H](N(C#N)S(=O)(=O)C2CC2)C[C@@H]1c1nnc2cnc3[nH]ccc3n12. The molecule has 5 rings (SSSR count). The minimum absolute atomic E-state index is 0.0377. The molecule has 0 aromatic carbocycles. The lowest BCUT2D eigenvalue weighted by Gasteiger charge is -2.22. The topological polar surface area (TPSA) is 120 Å². The van der Waals surface area contributed by atoms with Gasteiger partial charge < -0.3 is 4.98 Å². The van der Waals surface area contributed by atoms with Gasteiger partial charge in [0.1, 0.15) is 5.82 Å². The first-order valence-electron chi connectivity index (χ1n) is 9.64. The lowest BCUT2D eigenvalue weighted by molar-refractivity contribution is 0.396. The molecular formula is C18H21N7O2S. The van der Waals surface area contributed by atoms with Crippen molar-refractivity contribution in [2.45, 2.75) is 56.2 Å². The number of nitriles is 1. The quantitative estimate of drug-likeness (QED) is 0.518. The molecule has 0 unspecified atom stereocenters. The Balaban J connectivity index is 1.55. The van der Waals surface area contributed by atoms with Gasteiger partial charge in [0.15, 0.2) is 17.5 Å². The molecule has 0 radical (unpaired) electrons. The van der Waals surface area contributed by atoms with Gasteiger partial charge in [-0.3, -0.25) is 4.40 Å². The highest BCUT2D eigenvalue weighted by Gasteiger charge is 2.47. The summed E-state index contributed by atoms with van der Waals surface area (Å²) in [6.07, 6.45) is 8.91. The molecule has 0 aliphatic heterocycles. The molecule has 9 nitrogen and oxygen atoms in total. The molecule has 0 amide bonds. The predicted octanol–water partition coefficient (Wildman–Crippen LogP) is 2.15. The van der Waals surface area contributed by atoms with Crippen molar-refractivity contribution in [2.75, 3.05) is 0 Å². The summed E-state index contributed by atoms with van der Waals surface area (Å²) in [5, 5.41) is 17.9. The van der Waals surface area contributed by atoms with Crippen molar-refractivity contribution in [1.29, 1.82) is 5.26 Å². The molecule has 3 aromatic rings. The smallest absolute Gasteiger partial charge is 0.246 e. The van der Waals surface area contributed by atoms with Crippen molar-refractivity contribution in [3.8, 4) is 6.19 Å². The van der Waals surface area contributed by atoms with Crippen molar-refractivity contribution in [3.63, 3.8) is 0 Å². The van der Waals surface area contributed by atoms with Crippen molar-refractivity contribution in [1.82, 2.24) is 28.9 Å². The molecule has 0 bridgehead atoms. The van der Waals surface area contributed by atoms with E-state index in [1.165, 1.54) is 0 Å². The van der Waals surface area contributed by atoms with Crippen molar-refractivity contribution in [3.05, 3.63) is 24.3 Å². The van der Waals surface area contributed by atoms with Crippen molar-refractivity contribution in [2.24, 2.45) is 5.92 Å². The highest BCUT2D eigenvalue weighted by atomic mass is 32.2. The van der Waals surface area contributed by atoms with Crippen molar-refractivity contribution >= 4 is 26.8 Å². The average Bonchev–Trinajstić information content (AvgIpc) is 3.12. The molecule has 2 aliphatic rings. The summed E-state index contributed by atoms with van der Waals surface area (Å²) in [6, 6.07) is 1.62. The van der Waals surface area contributed by atoms with Gasteiger partial charge in [-0.05, 0) is 37.7 Å². The largest absolute Gasteiger partial charge is 0.345 e. The van der Waals surface area contributed by atoms with Gasteiger partial charge in [-0.15, -0.1) is 10.2 Å². The average molecular weight is 399 g/mol. The van der Waals surface area contributed by atoms with Gasteiger partial charge in [-0.2, -0.15) is 5.26 Å². The first kappa shape index (κ1) is 17.4.